The normalized spacial score (nSPS) is 15.4. The first-order chi connectivity index (χ1) is 11.4. The van der Waals surface area contributed by atoms with Gasteiger partial charge in [-0.1, -0.05) is 12.8 Å². The largest absolute Gasteiger partial charge is 0.382 e. The third kappa shape index (κ3) is 3.87. The molecule has 1 aliphatic carbocycles. The lowest BCUT2D eigenvalue weighted by Gasteiger charge is -2.14. The molecule has 128 valence electrons. The average Bonchev–Trinajstić information content (AvgIpc) is 3.01. The highest BCUT2D eigenvalue weighted by Crippen LogP contribution is 2.24. The highest BCUT2D eigenvalue weighted by Gasteiger charge is 2.18. The monoisotopic (exact) mass is 348 g/mol. The molecule has 1 saturated carbocycles. The number of sulfonamides is 1. The van der Waals surface area contributed by atoms with Crippen LogP contribution in [0.15, 0.2) is 47.4 Å². The van der Waals surface area contributed by atoms with E-state index in [1.165, 1.54) is 37.8 Å². The van der Waals surface area contributed by atoms with Gasteiger partial charge >= 0.3 is 0 Å². The number of anilines is 2. The van der Waals surface area contributed by atoms with E-state index < -0.39 is 15.8 Å². The van der Waals surface area contributed by atoms with Gasteiger partial charge < -0.3 is 5.32 Å². The maximum Gasteiger partial charge on any atom is 0.262 e. The summed E-state index contributed by atoms with van der Waals surface area (Å²) in [6.07, 6.45) is 4.87. The summed E-state index contributed by atoms with van der Waals surface area (Å²) in [5, 5.41) is 3.46. The van der Waals surface area contributed by atoms with E-state index in [1.807, 2.05) is 12.1 Å². The lowest BCUT2D eigenvalue weighted by atomic mass is 10.2. The molecular formula is C18H21FN2O2S. The highest BCUT2D eigenvalue weighted by atomic mass is 32.2. The fourth-order valence-corrected chi connectivity index (χ4v) is 4.35. The van der Waals surface area contributed by atoms with Crippen molar-refractivity contribution in [3.8, 4) is 0 Å². The van der Waals surface area contributed by atoms with Gasteiger partial charge in [0, 0.05) is 17.4 Å². The molecular weight excluding hydrogens is 327 g/mol. The molecule has 2 aromatic rings. The summed E-state index contributed by atoms with van der Waals surface area (Å²) in [6, 6.07) is 11.3. The van der Waals surface area contributed by atoms with E-state index in [4.69, 9.17) is 0 Å². The van der Waals surface area contributed by atoms with Crippen molar-refractivity contribution in [1.29, 1.82) is 0 Å². The summed E-state index contributed by atoms with van der Waals surface area (Å²) >= 11 is 0. The number of hydrogen-bond donors (Lipinski definition) is 2. The molecule has 2 N–H and O–H groups in total. The van der Waals surface area contributed by atoms with E-state index in [9.17, 15) is 12.8 Å². The van der Waals surface area contributed by atoms with Gasteiger partial charge in [0.2, 0.25) is 0 Å². The van der Waals surface area contributed by atoms with E-state index in [0.29, 0.717) is 17.3 Å². The topological polar surface area (TPSA) is 58.2 Å². The predicted octanol–water partition coefficient (Wildman–Crippen LogP) is 4.29. The van der Waals surface area contributed by atoms with Crippen molar-refractivity contribution in [2.45, 2.75) is 43.5 Å². The van der Waals surface area contributed by atoms with Gasteiger partial charge in [-0.15, -0.1) is 0 Å². The van der Waals surface area contributed by atoms with Crippen LogP contribution in [0, 0.1) is 12.7 Å². The number of nitrogens with one attached hydrogen (secondary N) is 2. The lowest BCUT2D eigenvalue weighted by molar-refractivity contribution is 0.598. The highest BCUT2D eigenvalue weighted by molar-refractivity contribution is 7.92. The van der Waals surface area contributed by atoms with Crippen LogP contribution in [0.1, 0.15) is 31.2 Å². The van der Waals surface area contributed by atoms with Crippen molar-refractivity contribution in [3.63, 3.8) is 0 Å². The summed E-state index contributed by atoms with van der Waals surface area (Å²) in [5.74, 6) is -0.450. The third-order valence-electron chi connectivity index (χ3n) is 4.29. The molecule has 0 unspecified atom stereocenters. The van der Waals surface area contributed by atoms with Crippen molar-refractivity contribution in [1.82, 2.24) is 0 Å². The molecule has 0 amide bonds. The average molecular weight is 348 g/mol. The van der Waals surface area contributed by atoms with Crippen LogP contribution in [-0.2, 0) is 10.0 Å². The number of benzene rings is 2. The molecule has 1 aliphatic rings. The summed E-state index contributed by atoms with van der Waals surface area (Å²) < 4.78 is 40.6. The maximum atomic E-state index is 13.2. The van der Waals surface area contributed by atoms with Crippen molar-refractivity contribution in [2.24, 2.45) is 0 Å². The molecule has 24 heavy (non-hydrogen) atoms. The number of aryl methyl sites for hydroxylation is 1. The Kier molecular flexibility index (Phi) is 4.76. The Hall–Kier alpha value is -2.08. The van der Waals surface area contributed by atoms with Crippen molar-refractivity contribution >= 4 is 21.4 Å². The van der Waals surface area contributed by atoms with E-state index in [1.54, 1.807) is 19.1 Å². The van der Waals surface area contributed by atoms with E-state index in [2.05, 4.69) is 10.0 Å². The number of rotatable bonds is 5. The quantitative estimate of drug-likeness (QED) is 0.847. The van der Waals surface area contributed by atoms with Crippen LogP contribution in [0.5, 0.6) is 0 Å². The second-order valence-electron chi connectivity index (χ2n) is 6.22. The van der Waals surface area contributed by atoms with Crippen LogP contribution in [-0.4, -0.2) is 14.5 Å². The first kappa shape index (κ1) is 16.8. The van der Waals surface area contributed by atoms with Crippen molar-refractivity contribution in [2.75, 3.05) is 10.0 Å². The second kappa shape index (κ2) is 6.81. The fraction of sp³-hybridized carbons (Fsp3) is 0.333. The zero-order valence-electron chi connectivity index (χ0n) is 13.5. The van der Waals surface area contributed by atoms with Gasteiger partial charge in [0.1, 0.15) is 5.82 Å². The van der Waals surface area contributed by atoms with Gasteiger partial charge in [0.05, 0.1) is 4.90 Å². The second-order valence-corrected chi connectivity index (χ2v) is 7.87. The van der Waals surface area contributed by atoms with Crippen molar-refractivity contribution < 1.29 is 12.8 Å². The van der Waals surface area contributed by atoms with E-state index in [-0.39, 0.29) is 4.90 Å². The molecule has 1 fully saturated rings. The standard InChI is InChI=1S/C18H21FN2O2S/c1-13-12-14(19)6-11-18(13)24(22,23)21-17-9-7-16(8-10-17)20-15-4-2-3-5-15/h6-12,15,20-21H,2-5H2,1H3. The minimum Gasteiger partial charge on any atom is -0.382 e. The van der Waals surface area contributed by atoms with Gasteiger partial charge in [-0.2, -0.15) is 0 Å². The number of hydrogen-bond acceptors (Lipinski definition) is 3. The van der Waals surface area contributed by atoms with Gasteiger partial charge in [-0.25, -0.2) is 12.8 Å². The Labute approximate surface area is 142 Å². The van der Waals surface area contributed by atoms with E-state index >= 15 is 0 Å². The maximum absolute atomic E-state index is 13.2. The molecule has 0 bridgehead atoms. The molecule has 2 aromatic carbocycles. The van der Waals surface area contributed by atoms with E-state index in [0.717, 1.165) is 11.8 Å². The molecule has 0 spiro atoms. The first-order valence-corrected chi connectivity index (χ1v) is 9.58. The zero-order valence-corrected chi connectivity index (χ0v) is 14.4. The van der Waals surface area contributed by atoms with Crippen LogP contribution in [0.4, 0.5) is 15.8 Å². The van der Waals surface area contributed by atoms with Gasteiger partial charge in [-0.05, 0) is 67.8 Å². The summed E-state index contributed by atoms with van der Waals surface area (Å²) in [7, 11) is -3.73. The molecule has 0 aromatic heterocycles. The first-order valence-electron chi connectivity index (χ1n) is 8.10. The molecule has 0 saturated heterocycles. The van der Waals surface area contributed by atoms with Crippen LogP contribution >= 0.6 is 0 Å². The smallest absolute Gasteiger partial charge is 0.262 e. The molecule has 6 heteroatoms. The van der Waals surface area contributed by atoms with Crippen LogP contribution in [0.2, 0.25) is 0 Å². The molecule has 0 heterocycles. The predicted molar refractivity (Wildman–Crippen MR) is 94.3 cm³/mol. The van der Waals surface area contributed by atoms with Gasteiger partial charge in [-0.3, -0.25) is 4.72 Å². The summed E-state index contributed by atoms with van der Waals surface area (Å²) in [6.45, 7) is 1.58. The van der Waals surface area contributed by atoms with Crippen LogP contribution in [0.3, 0.4) is 0 Å². The van der Waals surface area contributed by atoms with Crippen LogP contribution in [0.25, 0.3) is 0 Å². The van der Waals surface area contributed by atoms with Gasteiger partial charge in [0.25, 0.3) is 10.0 Å². The Bertz CT molecular complexity index is 813. The molecule has 0 radical (unpaired) electrons. The molecule has 0 aliphatic heterocycles. The fourth-order valence-electron chi connectivity index (χ4n) is 3.06. The third-order valence-corrected chi connectivity index (χ3v) is 5.83. The minimum atomic E-state index is -3.73. The number of halogens is 1. The Morgan fingerprint density at radius 1 is 1.00 bits per heavy atom. The lowest BCUT2D eigenvalue weighted by Crippen LogP contribution is -2.15. The molecule has 0 atom stereocenters. The molecule has 3 rings (SSSR count). The summed E-state index contributed by atoms with van der Waals surface area (Å²) in [5.41, 5.74) is 1.85. The SMILES string of the molecule is Cc1cc(F)ccc1S(=O)(=O)Nc1ccc(NC2CCCC2)cc1. The van der Waals surface area contributed by atoms with Crippen LogP contribution < -0.4 is 10.0 Å². The van der Waals surface area contributed by atoms with Crippen molar-refractivity contribution in [3.05, 3.63) is 53.8 Å². The van der Waals surface area contributed by atoms with Gasteiger partial charge in [0.15, 0.2) is 0 Å². The summed E-state index contributed by atoms with van der Waals surface area (Å²) in [4.78, 5) is 0.0806. The Morgan fingerprint density at radius 2 is 1.62 bits per heavy atom. The minimum absolute atomic E-state index is 0.0806. The Morgan fingerprint density at radius 3 is 2.25 bits per heavy atom. The molecule has 4 nitrogen and oxygen atoms in total. The Balaban J connectivity index is 1.72. The zero-order chi connectivity index (χ0) is 17.2.